The topological polar surface area (TPSA) is 65.4 Å². The van der Waals surface area contributed by atoms with Crippen molar-refractivity contribution in [3.63, 3.8) is 0 Å². The molecule has 0 saturated heterocycles. The molecule has 0 amide bonds. The number of nitrogens with one attached hydrogen (secondary N) is 1. The molecule has 0 spiro atoms. The Morgan fingerprint density at radius 2 is 1.88 bits per heavy atom. The minimum absolute atomic E-state index is 0.148. The highest BCUT2D eigenvalue weighted by atomic mass is 79.9. The van der Waals surface area contributed by atoms with E-state index in [0.29, 0.717) is 4.47 Å². The first kappa shape index (κ1) is 19.9. The molecule has 0 atom stereocenters. The monoisotopic (exact) mass is 447 g/mol. The summed E-state index contributed by atoms with van der Waals surface area (Å²) >= 11 is 3.11. The molecule has 1 heterocycles. The molecule has 2 aromatic rings. The average molecular weight is 448 g/mol. The zero-order valence-corrected chi connectivity index (χ0v) is 14.2. The van der Waals surface area contributed by atoms with E-state index in [-0.39, 0.29) is 16.9 Å². The van der Waals surface area contributed by atoms with Crippen LogP contribution < -0.4 is 10.2 Å². The summed E-state index contributed by atoms with van der Waals surface area (Å²) in [5.41, 5.74) is 1.49. The van der Waals surface area contributed by atoms with Crippen molar-refractivity contribution in [3.05, 3.63) is 28.9 Å². The minimum Gasteiger partial charge on any atom is -0.405 e. The number of halogens is 7. The van der Waals surface area contributed by atoms with Gasteiger partial charge < -0.3 is 9.57 Å². The van der Waals surface area contributed by atoms with Crippen LogP contribution in [0.25, 0.3) is 11.3 Å². The Morgan fingerprint density at radius 1 is 1.23 bits per heavy atom. The van der Waals surface area contributed by atoms with Crippen LogP contribution in [0.4, 0.5) is 32.0 Å². The molecule has 26 heavy (non-hydrogen) atoms. The summed E-state index contributed by atoms with van der Waals surface area (Å²) in [5.74, 6) is -3.15. The van der Waals surface area contributed by atoms with E-state index < -0.39 is 24.3 Å². The van der Waals surface area contributed by atoms with Crippen molar-refractivity contribution < 1.29 is 40.7 Å². The third-order valence-corrected chi connectivity index (χ3v) is 3.43. The molecule has 1 N–H and O–H groups in total. The molecule has 142 valence electrons. The van der Waals surface area contributed by atoms with Gasteiger partial charge in [0, 0.05) is 12.6 Å². The molecule has 13 heteroatoms. The van der Waals surface area contributed by atoms with Crippen LogP contribution >= 0.6 is 15.9 Å². The number of carbonyl (C=O) groups excluding carboxylic acids is 1. The SMILES string of the molecule is Cn1ncc(Br)c1-c1cc(NOC(=O)C(F)(F)F)ccc1OC(F)(F)F. The Morgan fingerprint density at radius 3 is 2.38 bits per heavy atom. The molecule has 0 fully saturated rings. The van der Waals surface area contributed by atoms with E-state index in [0.717, 1.165) is 18.2 Å². The largest absolute Gasteiger partial charge is 0.573 e. The summed E-state index contributed by atoms with van der Waals surface area (Å²) in [6.07, 6.45) is -8.94. The predicted molar refractivity (Wildman–Crippen MR) is 78.8 cm³/mol. The first-order chi connectivity index (χ1) is 11.9. The summed E-state index contributed by atoms with van der Waals surface area (Å²) in [6.45, 7) is 0. The van der Waals surface area contributed by atoms with Crippen molar-refractivity contribution >= 4 is 27.6 Å². The molecule has 6 nitrogen and oxygen atoms in total. The normalized spacial score (nSPS) is 12.0. The van der Waals surface area contributed by atoms with Crippen LogP contribution in [-0.4, -0.2) is 28.3 Å². The zero-order valence-electron chi connectivity index (χ0n) is 12.6. The number of rotatable bonds is 4. The molecular weight excluding hydrogens is 440 g/mol. The Labute approximate surface area is 149 Å². The number of aryl methyl sites for hydroxylation is 1. The zero-order chi connectivity index (χ0) is 19.7. The summed E-state index contributed by atoms with van der Waals surface area (Å²) in [5, 5.41) is 3.84. The highest BCUT2D eigenvalue weighted by molar-refractivity contribution is 9.10. The van der Waals surface area contributed by atoms with Crippen molar-refractivity contribution in [3.8, 4) is 17.0 Å². The number of nitrogens with zero attached hydrogens (tertiary/aromatic N) is 2. The lowest BCUT2D eigenvalue weighted by atomic mass is 10.1. The second kappa shape index (κ2) is 7.05. The van der Waals surface area contributed by atoms with Gasteiger partial charge in [-0.3, -0.25) is 4.68 Å². The fourth-order valence-electron chi connectivity index (χ4n) is 1.87. The van der Waals surface area contributed by atoms with Crippen LogP contribution in [0.1, 0.15) is 0 Å². The second-order valence-corrected chi connectivity index (χ2v) is 5.57. The van der Waals surface area contributed by atoms with Gasteiger partial charge in [-0.15, -0.1) is 13.2 Å². The number of hydrogen-bond donors (Lipinski definition) is 1. The van der Waals surface area contributed by atoms with Gasteiger partial charge in [-0.25, -0.2) is 10.3 Å². The Balaban J connectivity index is 2.40. The van der Waals surface area contributed by atoms with E-state index in [2.05, 4.69) is 30.6 Å². The maximum absolute atomic E-state index is 12.6. The highest BCUT2D eigenvalue weighted by Gasteiger charge is 2.41. The van der Waals surface area contributed by atoms with Crippen LogP contribution in [0, 0.1) is 0 Å². The number of benzene rings is 1. The molecule has 1 aromatic carbocycles. The first-order valence-corrected chi connectivity index (χ1v) is 7.29. The molecule has 0 unspecified atom stereocenters. The van der Waals surface area contributed by atoms with Crippen LogP contribution in [-0.2, 0) is 16.7 Å². The third-order valence-electron chi connectivity index (χ3n) is 2.85. The standard InChI is InChI=1S/C13H8BrF6N3O3/c1-23-10(8(14)5-21-23)7-4-6(22-26-11(24)12(15,16)17)2-3-9(7)25-13(18,19)20/h2-5,22H,1H3. The van der Waals surface area contributed by atoms with Crippen molar-refractivity contribution in [1.29, 1.82) is 0 Å². The van der Waals surface area contributed by atoms with Gasteiger partial charge in [0.2, 0.25) is 0 Å². The Kier molecular flexibility index (Phi) is 5.39. The molecule has 0 bridgehead atoms. The number of ether oxygens (including phenoxy) is 1. The predicted octanol–water partition coefficient (Wildman–Crippen LogP) is 4.18. The molecule has 1 aromatic heterocycles. The smallest absolute Gasteiger partial charge is 0.405 e. The van der Waals surface area contributed by atoms with Gasteiger partial charge in [0.1, 0.15) is 5.75 Å². The summed E-state index contributed by atoms with van der Waals surface area (Å²) in [6, 6.07) is 2.80. The van der Waals surface area contributed by atoms with Crippen LogP contribution in [0.5, 0.6) is 5.75 Å². The minimum atomic E-state index is -5.24. The van der Waals surface area contributed by atoms with Crippen molar-refractivity contribution in [2.45, 2.75) is 12.5 Å². The highest BCUT2D eigenvalue weighted by Crippen LogP contribution is 2.39. The fraction of sp³-hybridized carbons (Fsp3) is 0.231. The van der Waals surface area contributed by atoms with E-state index in [1.165, 1.54) is 17.9 Å². The van der Waals surface area contributed by atoms with E-state index >= 15 is 0 Å². The number of aromatic nitrogens is 2. The van der Waals surface area contributed by atoms with Gasteiger partial charge in [-0.05, 0) is 34.1 Å². The van der Waals surface area contributed by atoms with E-state index in [9.17, 15) is 31.1 Å². The first-order valence-electron chi connectivity index (χ1n) is 6.50. The summed E-state index contributed by atoms with van der Waals surface area (Å²) in [4.78, 5) is 14.6. The molecular formula is C13H8BrF6N3O3. The average Bonchev–Trinajstić information content (AvgIpc) is 2.82. The number of anilines is 1. The van der Waals surface area contributed by atoms with Crippen molar-refractivity contribution in [1.82, 2.24) is 9.78 Å². The lowest BCUT2D eigenvalue weighted by Crippen LogP contribution is -2.27. The summed E-state index contributed by atoms with van der Waals surface area (Å²) in [7, 11) is 1.43. The van der Waals surface area contributed by atoms with Gasteiger partial charge in [0.05, 0.1) is 22.1 Å². The van der Waals surface area contributed by atoms with E-state index in [1.807, 2.05) is 0 Å². The van der Waals surface area contributed by atoms with E-state index in [1.54, 1.807) is 5.48 Å². The van der Waals surface area contributed by atoms with Gasteiger partial charge >= 0.3 is 18.5 Å². The molecule has 0 aliphatic rings. The fourth-order valence-corrected chi connectivity index (χ4v) is 2.43. The van der Waals surface area contributed by atoms with Gasteiger partial charge in [0.25, 0.3) is 0 Å². The van der Waals surface area contributed by atoms with Crippen LogP contribution in [0.3, 0.4) is 0 Å². The van der Waals surface area contributed by atoms with Gasteiger partial charge in [0.15, 0.2) is 0 Å². The summed E-state index contributed by atoms with van der Waals surface area (Å²) < 4.78 is 79.6. The lowest BCUT2D eigenvalue weighted by molar-refractivity contribution is -0.274. The quantitative estimate of drug-likeness (QED) is 0.562. The molecule has 0 saturated carbocycles. The lowest BCUT2D eigenvalue weighted by Gasteiger charge is -2.16. The third kappa shape index (κ3) is 4.80. The van der Waals surface area contributed by atoms with E-state index in [4.69, 9.17) is 0 Å². The van der Waals surface area contributed by atoms with Crippen LogP contribution in [0.2, 0.25) is 0 Å². The van der Waals surface area contributed by atoms with Crippen molar-refractivity contribution in [2.75, 3.05) is 5.48 Å². The molecule has 2 rings (SSSR count). The number of alkyl halides is 6. The number of carbonyl (C=O) groups is 1. The number of hydrogen-bond acceptors (Lipinski definition) is 5. The van der Waals surface area contributed by atoms with Gasteiger partial charge in [-0.2, -0.15) is 18.3 Å². The maximum atomic E-state index is 12.6. The second-order valence-electron chi connectivity index (χ2n) is 4.71. The molecule has 0 radical (unpaired) electrons. The maximum Gasteiger partial charge on any atom is 0.573 e. The van der Waals surface area contributed by atoms with Crippen LogP contribution in [0.15, 0.2) is 28.9 Å². The molecule has 0 aliphatic carbocycles. The Bertz CT molecular complexity index is 799. The van der Waals surface area contributed by atoms with Crippen molar-refractivity contribution in [2.24, 2.45) is 7.05 Å². The molecule has 0 aliphatic heterocycles. The van der Waals surface area contributed by atoms with Gasteiger partial charge in [-0.1, -0.05) is 0 Å². The Hall–Kier alpha value is -2.44.